The molecule has 0 aromatic carbocycles. The SMILES string of the molecule is CCCNCc1cc(C(C)(C)C)on1. The highest BCUT2D eigenvalue weighted by Gasteiger charge is 2.19. The van der Waals surface area contributed by atoms with Gasteiger partial charge in [0, 0.05) is 18.0 Å². The molecule has 1 aromatic rings. The van der Waals surface area contributed by atoms with Gasteiger partial charge in [0.25, 0.3) is 0 Å². The van der Waals surface area contributed by atoms with Crippen LogP contribution in [0.15, 0.2) is 10.6 Å². The lowest BCUT2D eigenvalue weighted by atomic mass is 9.93. The molecular weight excluding hydrogens is 176 g/mol. The summed E-state index contributed by atoms with van der Waals surface area (Å²) in [5, 5.41) is 7.31. The minimum atomic E-state index is 0.0516. The van der Waals surface area contributed by atoms with Crippen LogP contribution < -0.4 is 5.32 Å². The zero-order valence-electron chi connectivity index (χ0n) is 9.55. The van der Waals surface area contributed by atoms with Crippen LogP contribution in [0.4, 0.5) is 0 Å². The smallest absolute Gasteiger partial charge is 0.142 e. The van der Waals surface area contributed by atoms with Crippen LogP contribution in [0.3, 0.4) is 0 Å². The summed E-state index contributed by atoms with van der Waals surface area (Å²) in [7, 11) is 0. The van der Waals surface area contributed by atoms with E-state index in [4.69, 9.17) is 4.52 Å². The van der Waals surface area contributed by atoms with Gasteiger partial charge in [-0.15, -0.1) is 0 Å². The molecule has 1 heterocycles. The second-order valence-electron chi connectivity index (χ2n) is 4.61. The van der Waals surface area contributed by atoms with Crippen molar-refractivity contribution in [2.24, 2.45) is 0 Å². The molecule has 3 nitrogen and oxygen atoms in total. The van der Waals surface area contributed by atoms with Crippen LogP contribution in [-0.4, -0.2) is 11.7 Å². The van der Waals surface area contributed by atoms with Gasteiger partial charge in [-0.05, 0) is 13.0 Å². The lowest BCUT2D eigenvalue weighted by molar-refractivity contribution is 0.325. The van der Waals surface area contributed by atoms with Crippen molar-refractivity contribution in [3.63, 3.8) is 0 Å². The van der Waals surface area contributed by atoms with E-state index in [1.54, 1.807) is 0 Å². The molecule has 0 amide bonds. The van der Waals surface area contributed by atoms with Crippen LogP contribution in [0.25, 0.3) is 0 Å². The third-order valence-corrected chi connectivity index (χ3v) is 2.03. The first-order valence-electron chi connectivity index (χ1n) is 5.21. The van der Waals surface area contributed by atoms with E-state index in [-0.39, 0.29) is 5.41 Å². The normalized spacial score (nSPS) is 12.0. The van der Waals surface area contributed by atoms with Crippen molar-refractivity contribution in [2.75, 3.05) is 6.54 Å². The summed E-state index contributed by atoms with van der Waals surface area (Å²) >= 11 is 0. The Labute approximate surface area is 85.9 Å². The minimum Gasteiger partial charge on any atom is -0.361 e. The maximum atomic E-state index is 5.27. The summed E-state index contributed by atoms with van der Waals surface area (Å²) in [4.78, 5) is 0. The van der Waals surface area contributed by atoms with Gasteiger partial charge in [0.15, 0.2) is 0 Å². The predicted molar refractivity (Wildman–Crippen MR) is 57.2 cm³/mol. The summed E-state index contributed by atoms with van der Waals surface area (Å²) in [6.07, 6.45) is 1.14. The molecule has 0 atom stereocenters. The van der Waals surface area contributed by atoms with Crippen molar-refractivity contribution in [1.29, 1.82) is 0 Å². The third kappa shape index (κ3) is 3.14. The van der Waals surface area contributed by atoms with E-state index in [1.807, 2.05) is 6.07 Å². The van der Waals surface area contributed by atoms with Crippen LogP contribution in [-0.2, 0) is 12.0 Å². The van der Waals surface area contributed by atoms with Crippen LogP contribution >= 0.6 is 0 Å². The molecular formula is C11H20N2O. The highest BCUT2D eigenvalue weighted by Crippen LogP contribution is 2.22. The predicted octanol–water partition coefficient (Wildman–Crippen LogP) is 2.47. The molecule has 0 radical (unpaired) electrons. The fourth-order valence-electron chi connectivity index (χ4n) is 1.14. The Morgan fingerprint density at radius 1 is 1.43 bits per heavy atom. The molecule has 0 saturated heterocycles. The zero-order valence-corrected chi connectivity index (χ0v) is 9.55. The van der Waals surface area contributed by atoms with Gasteiger partial charge in [-0.2, -0.15) is 0 Å². The van der Waals surface area contributed by atoms with Gasteiger partial charge in [0.2, 0.25) is 0 Å². The lowest BCUT2D eigenvalue weighted by Crippen LogP contribution is -2.14. The van der Waals surface area contributed by atoms with Crippen LogP contribution in [0.5, 0.6) is 0 Å². The van der Waals surface area contributed by atoms with Gasteiger partial charge < -0.3 is 9.84 Å². The molecule has 0 aliphatic rings. The Hall–Kier alpha value is -0.830. The second-order valence-corrected chi connectivity index (χ2v) is 4.61. The van der Waals surface area contributed by atoms with Crippen molar-refractivity contribution < 1.29 is 4.52 Å². The molecule has 0 aliphatic heterocycles. The average molecular weight is 196 g/mol. The van der Waals surface area contributed by atoms with E-state index in [9.17, 15) is 0 Å². The molecule has 0 fully saturated rings. The maximum absolute atomic E-state index is 5.27. The van der Waals surface area contributed by atoms with Crippen molar-refractivity contribution >= 4 is 0 Å². The number of aromatic nitrogens is 1. The Balaban J connectivity index is 2.51. The van der Waals surface area contributed by atoms with Crippen molar-refractivity contribution in [3.05, 3.63) is 17.5 Å². The van der Waals surface area contributed by atoms with Gasteiger partial charge in [0.05, 0.1) is 5.69 Å². The molecule has 1 rings (SSSR count). The Morgan fingerprint density at radius 3 is 2.64 bits per heavy atom. The number of hydrogen-bond acceptors (Lipinski definition) is 3. The topological polar surface area (TPSA) is 38.1 Å². The quantitative estimate of drug-likeness (QED) is 0.752. The average Bonchev–Trinajstić information content (AvgIpc) is 2.52. The molecule has 0 spiro atoms. The van der Waals surface area contributed by atoms with E-state index in [0.29, 0.717) is 0 Å². The Morgan fingerprint density at radius 2 is 2.14 bits per heavy atom. The fourth-order valence-corrected chi connectivity index (χ4v) is 1.14. The second kappa shape index (κ2) is 4.60. The Bertz CT molecular complexity index is 273. The molecule has 0 saturated carbocycles. The van der Waals surface area contributed by atoms with E-state index >= 15 is 0 Å². The highest BCUT2D eigenvalue weighted by atomic mass is 16.5. The van der Waals surface area contributed by atoms with Crippen molar-refractivity contribution in [1.82, 2.24) is 10.5 Å². The monoisotopic (exact) mass is 196 g/mol. The third-order valence-electron chi connectivity index (χ3n) is 2.03. The van der Waals surface area contributed by atoms with Gasteiger partial charge in [-0.25, -0.2) is 0 Å². The van der Waals surface area contributed by atoms with Gasteiger partial charge in [-0.3, -0.25) is 0 Å². The van der Waals surface area contributed by atoms with Crippen LogP contribution in [0.2, 0.25) is 0 Å². The first-order valence-corrected chi connectivity index (χ1v) is 5.21. The first-order chi connectivity index (χ1) is 6.54. The first kappa shape index (κ1) is 11.2. The van der Waals surface area contributed by atoms with E-state index < -0.39 is 0 Å². The molecule has 14 heavy (non-hydrogen) atoms. The fraction of sp³-hybridized carbons (Fsp3) is 0.727. The van der Waals surface area contributed by atoms with Crippen LogP contribution in [0, 0.1) is 0 Å². The van der Waals surface area contributed by atoms with E-state index in [2.05, 4.69) is 38.2 Å². The zero-order chi connectivity index (χ0) is 10.6. The molecule has 1 N–H and O–H groups in total. The molecule has 0 bridgehead atoms. The summed E-state index contributed by atoms with van der Waals surface area (Å²) in [6.45, 7) is 10.3. The van der Waals surface area contributed by atoms with E-state index in [0.717, 1.165) is 31.0 Å². The molecule has 0 unspecified atom stereocenters. The molecule has 80 valence electrons. The maximum Gasteiger partial charge on any atom is 0.142 e. The Kier molecular flexibility index (Phi) is 3.69. The van der Waals surface area contributed by atoms with Gasteiger partial charge in [0.1, 0.15) is 5.76 Å². The van der Waals surface area contributed by atoms with Crippen LogP contribution in [0.1, 0.15) is 45.6 Å². The van der Waals surface area contributed by atoms with E-state index in [1.165, 1.54) is 0 Å². The molecule has 3 heteroatoms. The molecule has 1 aromatic heterocycles. The van der Waals surface area contributed by atoms with Gasteiger partial charge in [-0.1, -0.05) is 32.9 Å². The highest BCUT2D eigenvalue weighted by molar-refractivity contribution is 5.12. The summed E-state index contributed by atoms with van der Waals surface area (Å²) in [6, 6.07) is 2.03. The number of nitrogens with zero attached hydrogens (tertiary/aromatic N) is 1. The standard InChI is InChI=1S/C11H20N2O/c1-5-6-12-8-9-7-10(14-13-9)11(2,3)4/h7,12H,5-6,8H2,1-4H3. The number of nitrogens with one attached hydrogen (secondary N) is 1. The minimum absolute atomic E-state index is 0.0516. The lowest BCUT2D eigenvalue weighted by Gasteiger charge is -2.12. The van der Waals surface area contributed by atoms with Crippen molar-refractivity contribution in [2.45, 2.75) is 46.1 Å². The molecule has 0 aliphatic carbocycles. The summed E-state index contributed by atoms with van der Waals surface area (Å²) in [5.74, 6) is 0.950. The van der Waals surface area contributed by atoms with Crippen molar-refractivity contribution in [3.8, 4) is 0 Å². The summed E-state index contributed by atoms with van der Waals surface area (Å²) < 4.78 is 5.27. The number of rotatable bonds is 4. The number of hydrogen-bond donors (Lipinski definition) is 1. The van der Waals surface area contributed by atoms with Gasteiger partial charge >= 0.3 is 0 Å². The largest absolute Gasteiger partial charge is 0.361 e. The summed E-state index contributed by atoms with van der Waals surface area (Å²) in [5.41, 5.74) is 1.04.